The van der Waals surface area contributed by atoms with Gasteiger partial charge in [0.2, 0.25) is 0 Å². The van der Waals surface area contributed by atoms with Gasteiger partial charge in [0.25, 0.3) is 5.91 Å². The van der Waals surface area contributed by atoms with Gasteiger partial charge in [-0.05, 0) is 48.9 Å². The lowest BCUT2D eigenvalue weighted by Crippen LogP contribution is -2.27. The molecule has 1 amide bonds. The van der Waals surface area contributed by atoms with Crippen LogP contribution in [0.3, 0.4) is 0 Å². The molecule has 1 aromatic heterocycles. The van der Waals surface area contributed by atoms with Gasteiger partial charge in [0.05, 0.1) is 10.6 Å². The molecule has 0 unspecified atom stereocenters. The van der Waals surface area contributed by atoms with E-state index in [-0.39, 0.29) is 5.91 Å². The van der Waals surface area contributed by atoms with E-state index >= 15 is 0 Å². The minimum absolute atomic E-state index is 0.129. The first kappa shape index (κ1) is 20.3. The van der Waals surface area contributed by atoms with Crippen molar-refractivity contribution in [1.82, 2.24) is 0 Å². The van der Waals surface area contributed by atoms with Crippen molar-refractivity contribution >= 4 is 69.3 Å². The number of thioether (sulfide) groups is 2. The summed E-state index contributed by atoms with van der Waals surface area (Å²) in [4.78, 5) is 15.0. The summed E-state index contributed by atoms with van der Waals surface area (Å²) in [6.07, 6.45) is 1.75. The number of hydrogen-bond donors (Lipinski definition) is 0. The predicted molar refractivity (Wildman–Crippen MR) is 127 cm³/mol. The number of carbonyl (C=O) groups excluding carboxylic acids is 1. The topological polar surface area (TPSA) is 33.5 Å². The summed E-state index contributed by atoms with van der Waals surface area (Å²) >= 11 is 14.2. The van der Waals surface area contributed by atoms with Crippen molar-refractivity contribution in [3.63, 3.8) is 0 Å². The molecule has 0 aliphatic carbocycles. The number of nitrogens with zero attached hydrogens (tertiary/aromatic N) is 1. The highest BCUT2D eigenvalue weighted by Crippen LogP contribution is 2.36. The molecule has 0 atom stereocenters. The fourth-order valence-corrected chi connectivity index (χ4v) is 4.96. The number of benzene rings is 2. The second-order valence-electron chi connectivity index (χ2n) is 6.42. The highest BCUT2D eigenvalue weighted by molar-refractivity contribution is 8.27. The van der Waals surface area contributed by atoms with E-state index in [0.717, 1.165) is 32.7 Å². The minimum Gasteiger partial charge on any atom is -0.450 e. The zero-order valence-corrected chi connectivity index (χ0v) is 18.6. The Morgan fingerprint density at radius 3 is 2.55 bits per heavy atom. The average Bonchev–Trinajstić information content (AvgIpc) is 3.26. The smallest absolute Gasteiger partial charge is 0.270 e. The molecule has 4 rings (SSSR count). The number of halogens is 1. The molecule has 1 aliphatic rings. The van der Waals surface area contributed by atoms with Crippen LogP contribution in [0.15, 0.2) is 75.1 Å². The highest BCUT2D eigenvalue weighted by atomic mass is 35.5. The molecule has 0 spiro atoms. The summed E-state index contributed by atoms with van der Waals surface area (Å²) in [5.41, 5.74) is 3.07. The van der Waals surface area contributed by atoms with Crippen LogP contribution in [0.25, 0.3) is 6.08 Å². The van der Waals surface area contributed by atoms with Crippen LogP contribution in [0.4, 0.5) is 5.69 Å². The maximum absolute atomic E-state index is 12.8. The average molecular weight is 458 g/mol. The minimum atomic E-state index is -0.129. The Hall–Kier alpha value is -1.99. The van der Waals surface area contributed by atoms with Gasteiger partial charge in [-0.1, -0.05) is 77.2 Å². The number of rotatable bonds is 5. The number of thiocarbonyl (C=S) groups is 1. The monoisotopic (exact) mass is 457 g/mol. The molecule has 1 aliphatic heterocycles. The summed E-state index contributed by atoms with van der Waals surface area (Å²) in [5, 5.41) is 1.52. The van der Waals surface area contributed by atoms with E-state index in [1.54, 1.807) is 22.7 Å². The fraction of sp³-hybridized carbons (Fsp3) is 0.0909. The summed E-state index contributed by atoms with van der Waals surface area (Å²) in [5.74, 6) is 1.28. The van der Waals surface area contributed by atoms with Gasteiger partial charge < -0.3 is 4.42 Å². The highest BCUT2D eigenvalue weighted by Gasteiger charge is 2.33. The molecular formula is C22H16ClNO2S3. The van der Waals surface area contributed by atoms with E-state index < -0.39 is 0 Å². The Kier molecular flexibility index (Phi) is 6.15. The number of aryl methyl sites for hydroxylation is 1. The molecule has 0 saturated carbocycles. The third kappa shape index (κ3) is 4.78. The normalized spacial score (nSPS) is 15.5. The van der Waals surface area contributed by atoms with E-state index in [2.05, 4.69) is 0 Å². The van der Waals surface area contributed by atoms with Crippen molar-refractivity contribution < 1.29 is 9.21 Å². The number of amides is 1. The second-order valence-corrected chi connectivity index (χ2v) is 9.52. The Morgan fingerprint density at radius 2 is 1.83 bits per heavy atom. The maximum Gasteiger partial charge on any atom is 0.270 e. The van der Waals surface area contributed by atoms with Crippen molar-refractivity contribution in [1.29, 1.82) is 0 Å². The Morgan fingerprint density at radius 1 is 1.10 bits per heavy atom. The lowest BCUT2D eigenvalue weighted by molar-refractivity contribution is -0.113. The molecule has 29 heavy (non-hydrogen) atoms. The summed E-state index contributed by atoms with van der Waals surface area (Å²) in [6.45, 7) is 2.01. The van der Waals surface area contributed by atoms with E-state index in [9.17, 15) is 4.79 Å². The van der Waals surface area contributed by atoms with Crippen LogP contribution in [0, 0.1) is 6.92 Å². The van der Waals surface area contributed by atoms with Crippen LogP contribution in [-0.4, -0.2) is 10.2 Å². The van der Waals surface area contributed by atoms with Crippen LogP contribution in [0.5, 0.6) is 0 Å². The van der Waals surface area contributed by atoms with E-state index in [1.807, 2.05) is 67.6 Å². The molecule has 1 saturated heterocycles. The van der Waals surface area contributed by atoms with E-state index in [4.69, 9.17) is 28.2 Å². The molecule has 0 bridgehead atoms. The van der Waals surface area contributed by atoms with Crippen LogP contribution in [-0.2, 0) is 10.5 Å². The first-order valence-electron chi connectivity index (χ1n) is 8.81. The number of hydrogen-bond acceptors (Lipinski definition) is 5. The molecule has 2 heterocycles. The third-order valence-corrected chi connectivity index (χ3v) is 6.79. The van der Waals surface area contributed by atoms with Crippen LogP contribution < -0.4 is 4.90 Å². The largest absolute Gasteiger partial charge is 0.450 e. The predicted octanol–water partition coefficient (Wildman–Crippen LogP) is 6.94. The fourth-order valence-electron chi connectivity index (χ4n) is 2.74. The molecule has 146 valence electrons. The molecule has 0 radical (unpaired) electrons. The van der Waals surface area contributed by atoms with Crippen molar-refractivity contribution in [3.8, 4) is 0 Å². The number of carbonyl (C=O) groups is 1. The van der Waals surface area contributed by atoms with Crippen LogP contribution >= 0.6 is 47.3 Å². The number of anilines is 1. The Labute approximate surface area is 188 Å². The summed E-state index contributed by atoms with van der Waals surface area (Å²) in [6, 6.07) is 19.3. The molecule has 0 N–H and O–H groups in total. The molecule has 3 nitrogen and oxygen atoms in total. The molecule has 2 aromatic carbocycles. The lowest BCUT2D eigenvalue weighted by atomic mass is 10.2. The lowest BCUT2D eigenvalue weighted by Gasteiger charge is -2.14. The first-order valence-corrected chi connectivity index (χ1v) is 11.4. The Balaban J connectivity index is 1.45. The Bertz CT molecular complexity index is 1090. The molecular weight excluding hydrogens is 442 g/mol. The molecule has 7 heteroatoms. The maximum atomic E-state index is 12.8. The SMILES string of the molecule is Cc1ccc(N2C(=O)C(=Cc3ccc(SCc4ccc(Cl)cc4)o3)SC2=S)cc1. The quantitative estimate of drug-likeness (QED) is 0.235. The number of furan rings is 1. The van der Waals surface area contributed by atoms with Crippen molar-refractivity contribution in [2.75, 3.05) is 4.90 Å². The van der Waals surface area contributed by atoms with Gasteiger partial charge in [-0.2, -0.15) is 0 Å². The second kappa shape index (κ2) is 8.79. The van der Waals surface area contributed by atoms with Crippen LogP contribution in [0.2, 0.25) is 5.02 Å². The molecule has 1 fully saturated rings. The first-order chi connectivity index (χ1) is 14.0. The van der Waals surface area contributed by atoms with Crippen molar-refractivity contribution in [2.45, 2.75) is 17.8 Å². The zero-order chi connectivity index (χ0) is 20.4. The van der Waals surface area contributed by atoms with Crippen molar-refractivity contribution in [3.05, 3.63) is 87.5 Å². The third-order valence-electron chi connectivity index (χ3n) is 4.26. The van der Waals surface area contributed by atoms with Crippen LogP contribution in [0.1, 0.15) is 16.9 Å². The van der Waals surface area contributed by atoms with Gasteiger partial charge in [-0.3, -0.25) is 9.69 Å². The zero-order valence-electron chi connectivity index (χ0n) is 15.4. The van der Waals surface area contributed by atoms with E-state index in [0.29, 0.717) is 15.0 Å². The van der Waals surface area contributed by atoms with Gasteiger partial charge in [0, 0.05) is 16.9 Å². The van der Waals surface area contributed by atoms with E-state index in [1.165, 1.54) is 11.8 Å². The van der Waals surface area contributed by atoms with Gasteiger partial charge in [-0.15, -0.1) is 0 Å². The summed E-state index contributed by atoms with van der Waals surface area (Å²) in [7, 11) is 0. The standard InChI is InChI=1S/C22H16ClNO2S3/c1-14-2-8-17(9-3-14)24-21(25)19(29-22(24)27)12-18-10-11-20(26-18)28-13-15-4-6-16(23)7-5-15/h2-12H,13H2,1H3. The van der Waals surface area contributed by atoms with Gasteiger partial charge >= 0.3 is 0 Å². The van der Waals surface area contributed by atoms with Gasteiger partial charge in [0.15, 0.2) is 9.41 Å². The van der Waals surface area contributed by atoms with Gasteiger partial charge in [0.1, 0.15) is 5.76 Å². The van der Waals surface area contributed by atoms with Crippen molar-refractivity contribution in [2.24, 2.45) is 0 Å². The van der Waals surface area contributed by atoms with Gasteiger partial charge in [-0.25, -0.2) is 0 Å². The molecule has 3 aromatic rings. The summed E-state index contributed by atoms with van der Waals surface area (Å²) < 4.78 is 6.39.